The molecule has 3 N–H and O–H groups in total. The predicted molar refractivity (Wildman–Crippen MR) is 87.5 cm³/mol. The Morgan fingerprint density at radius 1 is 1.09 bits per heavy atom. The van der Waals surface area contributed by atoms with Crippen LogP contribution in [0.3, 0.4) is 0 Å². The maximum absolute atomic E-state index is 12.6. The lowest BCUT2D eigenvalue weighted by Gasteiger charge is -2.32. The van der Waals surface area contributed by atoms with Gasteiger partial charge in [-0.1, -0.05) is 48.5 Å². The summed E-state index contributed by atoms with van der Waals surface area (Å²) in [5, 5.41) is 10.2. The van der Waals surface area contributed by atoms with Gasteiger partial charge in [-0.2, -0.15) is 0 Å². The van der Waals surface area contributed by atoms with Gasteiger partial charge in [0.05, 0.1) is 12.1 Å². The average Bonchev–Trinajstić information content (AvgIpc) is 2.59. The minimum atomic E-state index is -0.766. The van der Waals surface area contributed by atoms with E-state index in [1.807, 2.05) is 48.5 Å². The number of amides is 1. The molecule has 0 unspecified atom stereocenters. The highest BCUT2D eigenvalue weighted by molar-refractivity contribution is 5.94. The zero-order valence-electron chi connectivity index (χ0n) is 12.7. The Labute approximate surface area is 131 Å². The molecule has 2 aromatic rings. The molecule has 0 bridgehead atoms. The molecule has 0 aliphatic heterocycles. The highest BCUT2D eigenvalue weighted by Gasteiger charge is 2.27. The summed E-state index contributed by atoms with van der Waals surface area (Å²) < 4.78 is 0. The number of benzene rings is 2. The second-order valence-corrected chi connectivity index (χ2v) is 5.34. The summed E-state index contributed by atoms with van der Waals surface area (Å²) in [7, 11) is 1.71. The smallest absolute Gasteiger partial charge is 0.253 e. The number of nitrogens with two attached hydrogens (primary N) is 1. The SMILES string of the molecule is CN(C(=O)c1ccccc1)[C@@H](Cc1ccccc1)[C@@H](O)CN. The third-order valence-corrected chi connectivity index (χ3v) is 3.81. The summed E-state index contributed by atoms with van der Waals surface area (Å²) in [6, 6.07) is 18.5. The van der Waals surface area contributed by atoms with Gasteiger partial charge in [-0.15, -0.1) is 0 Å². The van der Waals surface area contributed by atoms with Crippen molar-refractivity contribution in [1.82, 2.24) is 4.90 Å². The molecule has 0 fully saturated rings. The van der Waals surface area contributed by atoms with Crippen molar-refractivity contribution >= 4 is 5.91 Å². The Bertz CT molecular complexity index is 587. The van der Waals surface area contributed by atoms with Crippen LogP contribution in [0.2, 0.25) is 0 Å². The van der Waals surface area contributed by atoms with E-state index in [4.69, 9.17) is 5.73 Å². The predicted octanol–water partition coefficient (Wildman–Crippen LogP) is 1.69. The van der Waals surface area contributed by atoms with E-state index in [0.29, 0.717) is 12.0 Å². The van der Waals surface area contributed by atoms with Crippen molar-refractivity contribution < 1.29 is 9.90 Å². The van der Waals surface area contributed by atoms with E-state index >= 15 is 0 Å². The van der Waals surface area contributed by atoms with Crippen molar-refractivity contribution in [2.24, 2.45) is 5.73 Å². The lowest BCUT2D eigenvalue weighted by molar-refractivity contribution is 0.0468. The number of nitrogens with zero attached hydrogens (tertiary/aromatic N) is 1. The van der Waals surface area contributed by atoms with Crippen LogP contribution >= 0.6 is 0 Å². The van der Waals surface area contributed by atoms with Crippen LogP contribution in [0.25, 0.3) is 0 Å². The summed E-state index contributed by atoms with van der Waals surface area (Å²) in [6.45, 7) is 0.115. The maximum atomic E-state index is 12.6. The Balaban J connectivity index is 2.19. The molecule has 116 valence electrons. The van der Waals surface area contributed by atoms with Crippen LogP contribution in [0.1, 0.15) is 15.9 Å². The summed E-state index contributed by atoms with van der Waals surface area (Å²) in [5.74, 6) is -0.117. The normalized spacial score (nSPS) is 13.4. The fourth-order valence-electron chi connectivity index (χ4n) is 2.48. The number of hydrogen-bond acceptors (Lipinski definition) is 3. The Hall–Kier alpha value is -2.17. The third kappa shape index (κ3) is 3.93. The minimum Gasteiger partial charge on any atom is -0.390 e. The fraction of sp³-hybridized carbons (Fsp3) is 0.278. The van der Waals surface area contributed by atoms with E-state index in [0.717, 1.165) is 5.56 Å². The number of likely N-dealkylation sites (N-methyl/N-ethyl adjacent to an activating group) is 1. The van der Waals surface area contributed by atoms with Crippen LogP contribution in [0, 0.1) is 0 Å². The van der Waals surface area contributed by atoms with Crippen molar-refractivity contribution in [2.45, 2.75) is 18.6 Å². The highest BCUT2D eigenvalue weighted by atomic mass is 16.3. The fourth-order valence-corrected chi connectivity index (χ4v) is 2.48. The number of hydrogen-bond donors (Lipinski definition) is 2. The molecule has 1 amide bonds. The molecule has 4 nitrogen and oxygen atoms in total. The average molecular weight is 298 g/mol. The zero-order chi connectivity index (χ0) is 15.9. The van der Waals surface area contributed by atoms with E-state index in [9.17, 15) is 9.90 Å². The monoisotopic (exact) mass is 298 g/mol. The topological polar surface area (TPSA) is 66.6 Å². The van der Waals surface area contributed by atoms with Crippen LogP contribution in [0.5, 0.6) is 0 Å². The lowest BCUT2D eigenvalue weighted by atomic mass is 9.99. The number of aliphatic hydroxyl groups excluding tert-OH is 1. The first-order valence-corrected chi connectivity index (χ1v) is 7.37. The van der Waals surface area contributed by atoms with Gasteiger partial charge >= 0.3 is 0 Å². The molecule has 2 aromatic carbocycles. The summed E-state index contributed by atoms with van der Waals surface area (Å²) >= 11 is 0. The first-order valence-electron chi connectivity index (χ1n) is 7.37. The van der Waals surface area contributed by atoms with E-state index < -0.39 is 6.10 Å². The zero-order valence-corrected chi connectivity index (χ0v) is 12.7. The summed E-state index contributed by atoms with van der Waals surface area (Å²) in [6.07, 6.45) is -0.202. The molecule has 0 spiro atoms. The van der Waals surface area contributed by atoms with E-state index in [2.05, 4.69) is 0 Å². The molecule has 0 saturated carbocycles. The highest BCUT2D eigenvalue weighted by Crippen LogP contribution is 2.14. The molecule has 2 rings (SSSR count). The van der Waals surface area contributed by atoms with E-state index in [1.54, 1.807) is 24.1 Å². The number of aliphatic hydroxyl groups is 1. The van der Waals surface area contributed by atoms with E-state index in [1.165, 1.54) is 0 Å². The van der Waals surface area contributed by atoms with Gasteiger partial charge in [0.15, 0.2) is 0 Å². The first-order chi connectivity index (χ1) is 10.6. The van der Waals surface area contributed by atoms with Gasteiger partial charge in [0.1, 0.15) is 0 Å². The largest absolute Gasteiger partial charge is 0.390 e. The standard InChI is InChI=1S/C18H22N2O2/c1-20(18(22)15-10-6-3-7-11-15)16(17(21)13-19)12-14-8-4-2-5-9-14/h2-11,16-17,21H,12-13,19H2,1H3/t16-,17-/m0/s1. The van der Waals surface area contributed by atoms with Gasteiger partial charge in [-0.3, -0.25) is 4.79 Å². The number of rotatable bonds is 6. The molecule has 2 atom stereocenters. The molecule has 0 aliphatic carbocycles. The van der Waals surface area contributed by atoms with Crippen molar-refractivity contribution in [3.8, 4) is 0 Å². The van der Waals surface area contributed by atoms with Gasteiger partial charge in [0.25, 0.3) is 5.91 Å². The molecule has 0 aliphatic rings. The molecule has 0 radical (unpaired) electrons. The number of carbonyl (C=O) groups excluding carboxylic acids is 1. The van der Waals surface area contributed by atoms with Gasteiger partial charge in [-0.25, -0.2) is 0 Å². The van der Waals surface area contributed by atoms with Gasteiger partial charge in [0, 0.05) is 19.2 Å². The molecule has 0 aromatic heterocycles. The minimum absolute atomic E-state index is 0.115. The second kappa shape index (κ2) is 7.73. The molecule has 0 saturated heterocycles. The van der Waals surface area contributed by atoms with Crippen molar-refractivity contribution in [3.05, 3.63) is 71.8 Å². The molecule has 0 heterocycles. The quantitative estimate of drug-likeness (QED) is 0.853. The number of carbonyl (C=O) groups is 1. The van der Waals surface area contributed by atoms with Crippen LogP contribution in [0.4, 0.5) is 0 Å². The molecule has 22 heavy (non-hydrogen) atoms. The van der Waals surface area contributed by atoms with Crippen molar-refractivity contribution in [1.29, 1.82) is 0 Å². The van der Waals surface area contributed by atoms with Gasteiger partial charge in [0.2, 0.25) is 0 Å². The first kappa shape index (κ1) is 16.2. The Morgan fingerprint density at radius 2 is 1.64 bits per heavy atom. The van der Waals surface area contributed by atoms with Crippen LogP contribution in [0.15, 0.2) is 60.7 Å². The van der Waals surface area contributed by atoms with Crippen LogP contribution in [-0.4, -0.2) is 41.7 Å². The Kier molecular flexibility index (Phi) is 5.69. The van der Waals surface area contributed by atoms with Crippen LogP contribution < -0.4 is 5.73 Å². The molecule has 4 heteroatoms. The van der Waals surface area contributed by atoms with Gasteiger partial charge < -0.3 is 15.7 Å². The Morgan fingerprint density at radius 3 is 2.18 bits per heavy atom. The van der Waals surface area contributed by atoms with Crippen LogP contribution in [-0.2, 0) is 6.42 Å². The maximum Gasteiger partial charge on any atom is 0.253 e. The van der Waals surface area contributed by atoms with Crippen molar-refractivity contribution in [3.63, 3.8) is 0 Å². The van der Waals surface area contributed by atoms with Crippen molar-refractivity contribution in [2.75, 3.05) is 13.6 Å². The summed E-state index contributed by atoms with van der Waals surface area (Å²) in [4.78, 5) is 14.2. The molecular formula is C18H22N2O2. The molecular weight excluding hydrogens is 276 g/mol. The van der Waals surface area contributed by atoms with Gasteiger partial charge in [-0.05, 0) is 24.1 Å². The summed E-state index contributed by atoms with van der Waals surface area (Å²) in [5.41, 5.74) is 7.28. The third-order valence-electron chi connectivity index (χ3n) is 3.81. The van der Waals surface area contributed by atoms with E-state index in [-0.39, 0.29) is 18.5 Å². The lowest BCUT2D eigenvalue weighted by Crippen LogP contribution is -2.48. The second-order valence-electron chi connectivity index (χ2n) is 5.34.